The minimum absolute atomic E-state index is 0. The molecule has 6 heteroatoms. The van der Waals surface area contributed by atoms with E-state index in [0.717, 1.165) is 24.4 Å². The number of rotatable bonds is 6. The summed E-state index contributed by atoms with van der Waals surface area (Å²) in [5, 5.41) is 11.6. The lowest BCUT2D eigenvalue weighted by molar-refractivity contribution is -0.0632. The molecule has 1 aliphatic heterocycles. The molecule has 1 fully saturated rings. The lowest BCUT2D eigenvalue weighted by atomic mass is 9.72. The Morgan fingerprint density at radius 3 is 2.11 bits per heavy atom. The van der Waals surface area contributed by atoms with Gasteiger partial charge < -0.3 is 19.5 Å². The van der Waals surface area contributed by atoms with Gasteiger partial charge in [-0.05, 0) is 54.9 Å². The number of carbonyl (C=O) groups excluding carboxylic acids is 1. The molecular formula is C22H28BrNO4. The zero-order valence-electron chi connectivity index (χ0n) is 16.6. The van der Waals surface area contributed by atoms with Gasteiger partial charge in [-0.25, -0.2) is 0 Å². The minimum atomic E-state index is -1.20. The average molecular weight is 450 g/mol. The Kier molecular flexibility index (Phi) is 7.63. The Morgan fingerprint density at radius 1 is 1.07 bits per heavy atom. The highest BCUT2D eigenvalue weighted by atomic mass is 79.9. The van der Waals surface area contributed by atoms with E-state index in [1.54, 1.807) is 38.5 Å². The number of methoxy groups -OCH3 is 2. The van der Waals surface area contributed by atoms with E-state index in [9.17, 15) is 9.90 Å². The van der Waals surface area contributed by atoms with Gasteiger partial charge in [0.1, 0.15) is 17.1 Å². The van der Waals surface area contributed by atoms with Crippen LogP contribution in [0.5, 0.6) is 11.5 Å². The van der Waals surface area contributed by atoms with Gasteiger partial charge in [-0.1, -0.05) is 19.1 Å². The smallest absolute Gasteiger partial charge is 0.170 e. The summed E-state index contributed by atoms with van der Waals surface area (Å²) in [4.78, 5) is 15.5. The maximum Gasteiger partial charge on any atom is 0.170 e. The van der Waals surface area contributed by atoms with Crippen molar-refractivity contribution in [3.05, 3.63) is 59.7 Å². The second-order valence-corrected chi connectivity index (χ2v) is 6.94. The van der Waals surface area contributed by atoms with Gasteiger partial charge in [-0.15, -0.1) is 17.0 Å². The molecule has 2 unspecified atom stereocenters. The van der Waals surface area contributed by atoms with E-state index in [1.165, 1.54) is 0 Å². The number of ketones is 1. The minimum Gasteiger partial charge on any atom is -0.497 e. The van der Waals surface area contributed by atoms with Gasteiger partial charge in [0.05, 0.1) is 20.1 Å². The van der Waals surface area contributed by atoms with Crippen molar-refractivity contribution in [1.29, 1.82) is 0 Å². The lowest BCUT2D eigenvalue weighted by Crippen LogP contribution is -2.53. The van der Waals surface area contributed by atoms with Gasteiger partial charge in [-0.2, -0.15) is 0 Å². The van der Waals surface area contributed by atoms with Crippen LogP contribution in [0.3, 0.4) is 0 Å². The fourth-order valence-corrected chi connectivity index (χ4v) is 3.77. The number of hydrogen-bond donors (Lipinski definition) is 1. The molecule has 152 valence electrons. The Balaban J connectivity index is 0.00000280. The topological polar surface area (TPSA) is 59.0 Å². The molecule has 0 saturated carbocycles. The zero-order chi connectivity index (χ0) is 19.4. The molecule has 3 rings (SSSR count). The number of carbonyl (C=O) groups is 1. The van der Waals surface area contributed by atoms with Gasteiger partial charge in [0, 0.05) is 18.7 Å². The number of nitrogens with zero attached hydrogens (tertiary/aromatic N) is 1. The Labute approximate surface area is 177 Å². The maximum atomic E-state index is 13.3. The molecule has 0 spiro atoms. The van der Waals surface area contributed by atoms with Crippen molar-refractivity contribution in [2.75, 3.05) is 33.9 Å². The van der Waals surface area contributed by atoms with E-state index in [0.29, 0.717) is 24.3 Å². The molecule has 2 aromatic rings. The Bertz CT molecular complexity index is 778. The predicted octanol–water partition coefficient (Wildman–Crippen LogP) is 3.69. The fourth-order valence-electron chi connectivity index (χ4n) is 3.77. The van der Waals surface area contributed by atoms with Crippen molar-refractivity contribution < 1.29 is 19.4 Å². The highest BCUT2D eigenvalue weighted by Crippen LogP contribution is 2.40. The summed E-state index contributed by atoms with van der Waals surface area (Å²) >= 11 is 0. The van der Waals surface area contributed by atoms with Crippen molar-refractivity contribution in [3.8, 4) is 11.5 Å². The number of aliphatic hydroxyl groups is 1. The van der Waals surface area contributed by atoms with Gasteiger partial charge >= 0.3 is 0 Å². The van der Waals surface area contributed by atoms with Crippen LogP contribution in [0.25, 0.3) is 0 Å². The lowest BCUT2D eigenvalue weighted by Gasteiger charge is -2.44. The summed E-state index contributed by atoms with van der Waals surface area (Å²) < 4.78 is 10.4. The predicted molar refractivity (Wildman–Crippen MR) is 115 cm³/mol. The summed E-state index contributed by atoms with van der Waals surface area (Å²) in [6, 6.07) is 14.5. The molecule has 1 heterocycles. The summed E-state index contributed by atoms with van der Waals surface area (Å²) in [6.07, 6.45) is 0.514. The first-order valence-corrected chi connectivity index (χ1v) is 9.29. The molecule has 1 saturated heterocycles. The van der Waals surface area contributed by atoms with Crippen LogP contribution in [0.2, 0.25) is 0 Å². The first kappa shape index (κ1) is 22.4. The van der Waals surface area contributed by atoms with E-state index in [1.807, 2.05) is 24.3 Å². The first-order chi connectivity index (χ1) is 13.0. The molecule has 28 heavy (non-hydrogen) atoms. The number of piperidine rings is 1. The highest BCUT2D eigenvalue weighted by molar-refractivity contribution is 8.93. The first-order valence-electron chi connectivity index (χ1n) is 9.29. The van der Waals surface area contributed by atoms with E-state index in [-0.39, 0.29) is 22.8 Å². The van der Waals surface area contributed by atoms with E-state index in [2.05, 4.69) is 11.8 Å². The van der Waals surface area contributed by atoms with E-state index in [4.69, 9.17) is 9.47 Å². The van der Waals surface area contributed by atoms with Gasteiger partial charge in [0.15, 0.2) is 5.78 Å². The van der Waals surface area contributed by atoms with Crippen molar-refractivity contribution in [3.63, 3.8) is 0 Å². The summed E-state index contributed by atoms with van der Waals surface area (Å²) in [7, 11) is 3.21. The zero-order valence-corrected chi connectivity index (χ0v) is 18.3. The van der Waals surface area contributed by atoms with Crippen molar-refractivity contribution >= 4 is 22.8 Å². The third kappa shape index (κ3) is 4.40. The molecule has 1 aliphatic rings. The third-order valence-electron chi connectivity index (χ3n) is 5.55. The number of hydrogen-bond acceptors (Lipinski definition) is 5. The molecular weight excluding hydrogens is 422 g/mol. The SMILES string of the molecule is Br.CCN1CCC(O)(c2ccc(OC)cc2)C(C(=O)c2ccc(OC)cc2)C1. The van der Waals surface area contributed by atoms with Crippen molar-refractivity contribution in [2.24, 2.45) is 5.92 Å². The monoisotopic (exact) mass is 449 g/mol. The van der Waals surface area contributed by atoms with Gasteiger partial charge in [0.2, 0.25) is 0 Å². The highest BCUT2D eigenvalue weighted by Gasteiger charge is 2.46. The third-order valence-corrected chi connectivity index (χ3v) is 5.55. The number of likely N-dealkylation sites (tertiary alicyclic amines) is 1. The van der Waals surface area contributed by atoms with Crippen molar-refractivity contribution in [2.45, 2.75) is 18.9 Å². The molecule has 2 aromatic carbocycles. The van der Waals surface area contributed by atoms with Gasteiger partial charge in [0.25, 0.3) is 0 Å². The van der Waals surface area contributed by atoms with Crippen LogP contribution in [0.1, 0.15) is 29.3 Å². The standard InChI is InChI=1S/C22H27NO4.BrH/c1-4-23-14-13-22(25,17-7-11-19(27-3)12-8-17)20(15-23)21(24)16-5-9-18(26-2)10-6-16;/h5-12,20,25H,4,13-15H2,1-3H3;1H. The molecule has 0 bridgehead atoms. The quantitative estimate of drug-likeness (QED) is 0.681. The van der Waals surface area contributed by atoms with Gasteiger partial charge in [-0.3, -0.25) is 4.79 Å². The average Bonchev–Trinajstić information content (AvgIpc) is 2.73. The fraction of sp³-hybridized carbons (Fsp3) is 0.409. The molecule has 0 aromatic heterocycles. The van der Waals surface area contributed by atoms with E-state index >= 15 is 0 Å². The summed E-state index contributed by atoms with van der Waals surface area (Å²) in [5.41, 5.74) is 0.145. The number of Topliss-reactive ketones (excluding diaryl/α,β-unsaturated/α-hetero) is 1. The number of halogens is 1. The van der Waals surface area contributed by atoms with Crippen LogP contribution in [-0.4, -0.2) is 49.6 Å². The maximum absolute atomic E-state index is 13.3. The van der Waals surface area contributed by atoms with Crippen molar-refractivity contribution in [1.82, 2.24) is 4.90 Å². The largest absolute Gasteiger partial charge is 0.497 e. The van der Waals surface area contributed by atoms with Crippen LogP contribution in [0, 0.1) is 5.92 Å². The molecule has 5 nitrogen and oxygen atoms in total. The van der Waals surface area contributed by atoms with Crippen LogP contribution in [0.15, 0.2) is 48.5 Å². The molecule has 0 radical (unpaired) electrons. The summed E-state index contributed by atoms with van der Waals surface area (Å²) in [5.74, 6) is 0.851. The van der Waals surface area contributed by atoms with E-state index < -0.39 is 11.5 Å². The second-order valence-electron chi connectivity index (χ2n) is 6.94. The number of ether oxygens (including phenoxy) is 2. The number of benzene rings is 2. The molecule has 0 amide bonds. The van der Waals surface area contributed by atoms with Crippen LogP contribution in [-0.2, 0) is 5.60 Å². The van der Waals surface area contributed by atoms with Crippen LogP contribution in [0.4, 0.5) is 0 Å². The Hall–Kier alpha value is -1.89. The summed E-state index contributed by atoms with van der Waals surface area (Å²) in [6.45, 7) is 4.22. The Morgan fingerprint density at radius 2 is 1.61 bits per heavy atom. The molecule has 0 aliphatic carbocycles. The van der Waals surface area contributed by atoms with Crippen LogP contribution < -0.4 is 9.47 Å². The van der Waals surface area contributed by atoms with Crippen LogP contribution >= 0.6 is 17.0 Å². The second kappa shape index (κ2) is 9.54. The molecule has 1 N–H and O–H groups in total. The normalized spacial score (nSPS) is 22.2. The molecule has 2 atom stereocenters.